The van der Waals surface area contributed by atoms with Crippen molar-refractivity contribution in [2.24, 2.45) is 5.14 Å². The van der Waals surface area contributed by atoms with E-state index >= 15 is 0 Å². The van der Waals surface area contributed by atoms with Crippen molar-refractivity contribution in [3.05, 3.63) is 47.9 Å². The molecular weight excluding hydrogens is 404 g/mol. The lowest BCUT2D eigenvalue weighted by molar-refractivity contribution is 0.0953. The van der Waals surface area contributed by atoms with Crippen LogP contribution < -0.4 is 14.9 Å². The van der Waals surface area contributed by atoms with Gasteiger partial charge in [-0.2, -0.15) is 0 Å². The molecule has 2 aromatic rings. The van der Waals surface area contributed by atoms with Gasteiger partial charge in [0.1, 0.15) is 10.7 Å². The molecule has 0 saturated heterocycles. The molecule has 1 aromatic heterocycles. The van der Waals surface area contributed by atoms with Crippen molar-refractivity contribution in [3.63, 3.8) is 0 Å². The summed E-state index contributed by atoms with van der Waals surface area (Å²) < 4.78 is 29.5. The van der Waals surface area contributed by atoms with Crippen molar-refractivity contribution < 1.29 is 17.6 Å². The SMILES string of the molecule is CN(C)CCCCNC(=O)c1ccc(N(Cl)Cc2occc2S(N)(=O)=O)cc1. The second-order valence-corrected chi connectivity index (χ2v) is 8.52. The lowest BCUT2D eigenvalue weighted by atomic mass is 10.2. The van der Waals surface area contributed by atoms with Gasteiger partial charge >= 0.3 is 0 Å². The minimum absolute atomic E-state index is 0.00225. The summed E-state index contributed by atoms with van der Waals surface area (Å²) >= 11 is 6.23. The van der Waals surface area contributed by atoms with E-state index in [1.807, 2.05) is 14.1 Å². The monoisotopic (exact) mass is 428 g/mol. The van der Waals surface area contributed by atoms with E-state index < -0.39 is 10.0 Å². The van der Waals surface area contributed by atoms with E-state index in [0.717, 1.165) is 19.4 Å². The number of hydrogen-bond donors (Lipinski definition) is 2. The molecule has 0 aliphatic heterocycles. The fourth-order valence-electron chi connectivity index (χ4n) is 2.55. The van der Waals surface area contributed by atoms with Crippen LogP contribution in [0.2, 0.25) is 0 Å². The van der Waals surface area contributed by atoms with Crippen LogP contribution in [0.15, 0.2) is 45.9 Å². The van der Waals surface area contributed by atoms with Crippen LogP contribution in [0.25, 0.3) is 0 Å². The summed E-state index contributed by atoms with van der Waals surface area (Å²) in [6, 6.07) is 7.94. The molecule has 0 atom stereocenters. The first-order valence-corrected chi connectivity index (χ1v) is 10.6. The Labute approximate surface area is 170 Å². The Bertz CT molecular complexity index is 881. The fourth-order valence-corrected chi connectivity index (χ4v) is 3.44. The van der Waals surface area contributed by atoms with Gasteiger partial charge in [0.25, 0.3) is 5.91 Å². The van der Waals surface area contributed by atoms with E-state index in [0.29, 0.717) is 17.8 Å². The number of furan rings is 1. The first-order valence-electron chi connectivity index (χ1n) is 8.74. The average molecular weight is 429 g/mol. The number of sulfonamides is 1. The normalized spacial score (nSPS) is 11.6. The van der Waals surface area contributed by atoms with Crippen LogP contribution in [-0.4, -0.2) is 46.4 Å². The van der Waals surface area contributed by atoms with Crippen molar-refractivity contribution in [2.75, 3.05) is 31.6 Å². The maximum Gasteiger partial charge on any atom is 0.251 e. The van der Waals surface area contributed by atoms with E-state index in [4.69, 9.17) is 21.3 Å². The molecule has 0 radical (unpaired) electrons. The van der Waals surface area contributed by atoms with Gasteiger partial charge in [-0.1, -0.05) is 0 Å². The molecule has 0 unspecified atom stereocenters. The third-order valence-corrected chi connectivity index (χ3v) is 5.31. The van der Waals surface area contributed by atoms with Crippen LogP contribution >= 0.6 is 11.8 Å². The minimum Gasteiger partial charge on any atom is -0.466 e. The van der Waals surface area contributed by atoms with Gasteiger partial charge in [0, 0.05) is 23.9 Å². The van der Waals surface area contributed by atoms with Gasteiger partial charge in [0.15, 0.2) is 0 Å². The van der Waals surface area contributed by atoms with Crippen LogP contribution in [-0.2, 0) is 16.6 Å². The predicted molar refractivity (Wildman–Crippen MR) is 109 cm³/mol. The molecule has 10 heteroatoms. The van der Waals surface area contributed by atoms with Crippen LogP contribution in [0.4, 0.5) is 5.69 Å². The topological polar surface area (TPSA) is 109 Å². The zero-order chi connectivity index (χ0) is 20.7. The van der Waals surface area contributed by atoms with Crippen molar-refractivity contribution in [3.8, 4) is 0 Å². The molecule has 0 bridgehead atoms. The molecule has 2 rings (SSSR count). The molecule has 28 heavy (non-hydrogen) atoms. The number of halogens is 1. The largest absolute Gasteiger partial charge is 0.466 e. The molecule has 1 amide bonds. The lowest BCUT2D eigenvalue weighted by Crippen LogP contribution is -2.25. The molecule has 0 saturated carbocycles. The highest BCUT2D eigenvalue weighted by Gasteiger charge is 2.19. The molecule has 8 nitrogen and oxygen atoms in total. The van der Waals surface area contributed by atoms with Gasteiger partial charge in [0.2, 0.25) is 10.0 Å². The van der Waals surface area contributed by atoms with Crippen molar-refractivity contribution >= 4 is 33.4 Å². The molecule has 0 spiro atoms. The van der Waals surface area contributed by atoms with E-state index in [2.05, 4.69) is 10.2 Å². The second-order valence-electron chi connectivity index (χ2n) is 6.59. The molecule has 1 heterocycles. The van der Waals surface area contributed by atoms with E-state index in [1.165, 1.54) is 16.7 Å². The Morgan fingerprint density at radius 1 is 1.18 bits per heavy atom. The summed E-state index contributed by atoms with van der Waals surface area (Å²) in [5.74, 6) is -0.0166. The van der Waals surface area contributed by atoms with Gasteiger partial charge < -0.3 is 14.6 Å². The number of anilines is 1. The van der Waals surface area contributed by atoms with Crippen LogP contribution in [0.3, 0.4) is 0 Å². The Morgan fingerprint density at radius 2 is 1.86 bits per heavy atom. The first-order chi connectivity index (χ1) is 13.2. The van der Waals surface area contributed by atoms with Crippen molar-refractivity contribution in [2.45, 2.75) is 24.3 Å². The van der Waals surface area contributed by atoms with Gasteiger partial charge in [-0.05, 0) is 63.8 Å². The van der Waals surface area contributed by atoms with Gasteiger partial charge in [0.05, 0.1) is 18.5 Å². The number of nitrogens with zero attached hydrogens (tertiary/aromatic N) is 2. The number of rotatable bonds is 10. The first kappa shape index (κ1) is 22.2. The number of nitrogens with one attached hydrogen (secondary N) is 1. The summed E-state index contributed by atoms with van der Waals surface area (Å²) in [7, 11) is 0.143. The highest BCUT2D eigenvalue weighted by Crippen LogP contribution is 2.24. The van der Waals surface area contributed by atoms with E-state index in [9.17, 15) is 13.2 Å². The number of primary sulfonamides is 1. The second kappa shape index (κ2) is 9.92. The summed E-state index contributed by atoms with van der Waals surface area (Å²) in [6.07, 6.45) is 3.17. The highest BCUT2D eigenvalue weighted by molar-refractivity contribution is 7.89. The molecular formula is C18H25ClN4O4S. The molecule has 0 aliphatic carbocycles. The Balaban J connectivity index is 1.91. The molecule has 3 N–H and O–H groups in total. The smallest absolute Gasteiger partial charge is 0.251 e. The number of unbranched alkanes of at least 4 members (excludes halogenated alkanes) is 1. The number of carbonyl (C=O) groups is 1. The zero-order valence-corrected chi connectivity index (χ0v) is 17.5. The molecule has 0 fully saturated rings. The fraction of sp³-hybridized carbons (Fsp3) is 0.389. The molecule has 1 aromatic carbocycles. The Morgan fingerprint density at radius 3 is 2.46 bits per heavy atom. The Hall–Kier alpha value is -2.07. The van der Waals surface area contributed by atoms with E-state index in [-0.39, 0.29) is 23.1 Å². The predicted octanol–water partition coefficient (Wildman–Crippen LogP) is 2.16. The number of carbonyl (C=O) groups excluding carboxylic acids is 1. The molecule has 0 aliphatic rings. The third kappa shape index (κ3) is 6.52. The van der Waals surface area contributed by atoms with Crippen molar-refractivity contribution in [1.82, 2.24) is 10.2 Å². The third-order valence-electron chi connectivity index (χ3n) is 4.02. The Kier molecular flexibility index (Phi) is 7.88. The standard InChI is InChI=1S/C18H25ClN4O4S/c1-22(2)11-4-3-10-21-18(24)14-5-7-15(8-6-14)23(19)13-16-17(9-12-27-16)28(20,25)26/h5-9,12H,3-4,10-11,13H2,1-2H3,(H,21,24)(H2,20,25,26). The maximum absolute atomic E-state index is 12.2. The minimum atomic E-state index is -3.89. The average Bonchev–Trinajstić information content (AvgIpc) is 3.09. The zero-order valence-electron chi connectivity index (χ0n) is 15.9. The van der Waals surface area contributed by atoms with Gasteiger partial charge in [-0.15, -0.1) is 0 Å². The number of benzene rings is 1. The van der Waals surface area contributed by atoms with E-state index in [1.54, 1.807) is 24.3 Å². The summed E-state index contributed by atoms with van der Waals surface area (Å²) in [5, 5.41) is 8.03. The summed E-state index contributed by atoms with van der Waals surface area (Å²) in [6.45, 7) is 1.60. The summed E-state index contributed by atoms with van der Waals surface area (Å²) in [5.41, 5.74) is 1.10. The number of nitrogens with two attached hydrogens (primary N) is 1. The van der Waals surface area contributed by atoms with Crippen LogP contribution in [0.1, 0.15) is 29.0 Å². The van der Waals surface area contributed by atoms with Crippen LogP contribution in [0.5, 0.6) is 0 Å². The number of amides is 1. The maximum atomic E-state index is 12.2. The quantitative estimate of drug-likeness (QED) is 0.443. The van der Waals surface area contributed by atoms with Crippen LogP contribution in [0, 0.1) is 0 Å². The number of hydrogen-bond acceptors (Lipinski definition) is 6. The molecule has 154 valence electrons. The van der Waals surface area contributed by atoms with Gasteiger partial charge in [-0.25, -0.2) is 13.6 Å². The lowest BCUT2D eigenvalue weighted by Gasteiger charge is -2.15. The highest BCUT2D eigenvalue weighted by atomic mass is 35.5. The summed E-state index contributed by atoms with van der Waals surface area (Å²) in [4.78, 5) is 14.2. The van der Waals surface area contributed by atoms with Gasteiger partial charge in [-0.3, -0.25) is 9.21 Å². The van der Waals surface area contributed by atoms with Crippen molar-refractivity contribution in [1.29, 1.82) is 0 Å².